The predicted molar refractivity (Wildman–Crippen MR) is 122 cm³/mol. The number of pyridine rings is 1. The van der Waals surface area contributed by atoms with Crippen LogP contribution in [0.25, 0.3) is 10.9 Å². The number of hydrogen-bond acceptors (Lipinski definition) is 5. The minimum atomic E-state index is -0.299. The van der Waals surface area contributed by atoms with Crippen LogP contribution in [0.3, 0.4) is 0 Å². The van der Waals surface area contributed by atoms with E-state index in [1.807, 2.05) is 20.0 Å². The van der Waals surface area contributed by atoms with Gasteiger partial charge in [0.2, 0.25) is 5.91 Å². The molecule has 2 aliphatic rings. The van der Waals surface area contributed by atoms with Crippen LogP contribution in [0.4, 0.5) is 4.39 Å². The van der Waals surface area contributed by atoms with Gasteiger partial charge in [-0.05, 0) is 61.8 Å². The maximum Gasteiger partial charge on any atom is 0.227 e. The largest absolute Gasteiger partial charge is 0.490 e. The van der Waals surface area contributed by atoms with E-state index in [2.05, 4.69) is 27.2 Å². The van der Waals surface area contributed by atoms with Crippen molar-refractivity contribution in [2.24, 2.45) is 23.7 Å². The van der Waals surface area contributed by atoms with Crippen LogP contribution in [0.5, 0.6) is 5.75 Å². The Hall–Kier alpha value is -3.29. The van der Waals surface area contributed by atoms with Crippen molar-refractivity contribution < 1.29 is 13.9 Å². The van der Waals surface area contributed by atoms with Gasteiger partial charge in [0.05, 0.1) is 17.3 Å². The van der Waals surface area contributed by atoms with Gasteiger partial charge in [-0.3, -0.25) is 14.5 Å². The minimum absolute atomic E-state index is 0.0299. The quantitative estimate of drug-likeness (QED) is 0.561. The first-order valence-corrected chi connectivity index (χ1v) is 11.5. The molecule has 0 bridgehead atoms. The van der Waals surface area contributed by atoms with E-state index in [-0.39, 0.29) is 23.7 Å². The zero-order valence-electron chi connectivity index (χ0n) is 18.9. The molecule has 5 atom stereocenters. The summed E-state index contributed by atoms with van der Waals surface area (Å²) in [5, 5.41) is 11.7. The van der Waals surface area contributed by atoms with Gasteiger partial charge in [-0.15, -0.1) is 5.10 Å². The number of benzene rings is 1. The van der Waals surface area contributed by atoms with E-state index in [0.29, 0.717) is 47.6 Å². The summed E-state index contributed by atoms with van der Waals surface area (Å²) in [5.41, 5.74) is 2.29. The lowest BCUT2D eigenvalue weighted by atomic mass is 9.97. The fraction of sp³-hybridized carbons (Fsp3) is 0.440. The highest BCUT2D eigenvalue weighted by atomic mass is 19.1. The first-order valence-electron chi connectivity index (χ1n) is 11.5. The fourth-order valence-electron chi connectivity index (χ4n) is 5.33. The van der Waals surface area contributed by atoms with E-state index < -0.39 is 0 Å². The molecule has 5 rings (SSSR count). The van der Waals surface area contributed by atoms with E-state index in [0.717, 1.165) is 24.1 Å². The molecule has 2 fully saturated rings. The molecular weight excluding hydrogens is 421 g/mol. The standard InChI is InChI=1S/C25H28FN5O2/c1-14(7-9-31-13-15(2)29-30-31)28-25(32)16(3)24-19-11-18(12-20(19)24)33-23-6-8-27-22-5-4-17(26)10-21(22)23/h4-6,8,10,13,16,18-20,24H,1,7,9,11-12H2,2-3H3,(H,28,32)/t16?,18-,19-,20+,24+. The second-order valence-electron chi connectivity index (χ2n) is 9.34. The van der Waals surface area contributed by atoms with E-state index in [1.54, 1.807) is 23.0 Å². The molecule has 2 heterocycles. The number of carbonyl (C=O) groups excluding carboxylic acids is 1. The highest BCUT2D eigenvalue weighted by Gasteiger charge is 2.59. The van der Waals surface area contributed by atoms with Gasteiger partial charge in [0.15, 0.2) is 0 Å². The fourth-order valence-corrected chi connectivity index (χ4v) is 5.33. The first-order chi connectivity index (χ1) is 15.9. The molecule has 0 radical (unpaired) electrons. The Morgan fingerprint density at radius 1 is 1.33 bits per heavy atom. The number of halogens is 1. The molecule has 2 aliphatic carbocycles. The van der Waals surface area contributed by atoms with E-state index in [4.69, 9.17) is 4.74 Å². The van der Waals surface area contributed by atoms with Crippen molar-refractivity contribution in [1.29, 1.82) is 0 Å². The molecular formula is C25H28FN5O2. The van der Waals surface area contributed by atoms with Crippen molar-refractivity contribution in [2.45, 2.75) is 45.8 Å². The normalized spacial score (nSPS) is 24.3. The lowest BCUT2D eigenvalue weighted by molar-refractivity contribution is -0.124. The van der Waals surface area contributed by atoms with Gasteiger partial charge in [0.1, 0.15) is 11.6 Å². The second-order valence-corrected chi connectivity index (χ2v) is 9.34. The second kappa shape index (κ2) is 8.57. The molecule has 1 amide bonds. The average molecular weight is 450 g/mol. The van der Waals surface area contributed by atoms with E-state index in [9.17, 15) is 9.18 Å². The average Bonchev–Trinajstić information content (AvgIpc) is 3.09. The Morgan fingerprint density at radius 3 is 2.85 bits per heavy atom. The topological polar surface area (TPSA) is 81.9 Å². The molecule has 1 aromatic carbocycles. The summed E-state index contributed by atoms with van der Waals surface area (Å²) in [6.45, 7) is 8.52. The molecule has 7 nitrogen and oxygen atoms in total. The van der Waals surface area contributed by atoms with Crippen LogP contribution in [-0.2, 0) is 11.3 Å². The smallest absolute Gasteiger partial charge is 0.227 e. The summed E-state index contributed by atoms with van der Waals surface area (Å²) in [5.74, 6) is 1.70. The Labute approximate surface area is 192 Å². The van der Waals surface area contributed by atoms with Gasteiger partial charge in [-0.25, -0.2) is 4.39 Å². The molecule has 1 N–H and O–H groups in total. The highest BCUT2D eigenvalue weighted by molar-refractivity contribution is 5.84. The number of hydrogen-bond donors (Lipinski definition) is 1. The van der Waals surface area contributed by atoms with Gasteiger partial charge in [-0.1, -0.05) is 18.7 Å². The molecule has 0 saturated heterocycles. The maximum absolute atomic E-state index is 13.7. The Morgan fingerprint density at radius 2 is 2.12 bits per heavy atom. The summed E-state index contributed by atoms with van der Waals surface area (Å²) in [4.78, 5) is 17.0. The Balaban J connectivity index is 1.11. The van der Waals surface area contributed by atoms with Crippen molar-refractivity contribution in [3.05, 3.63) is 60.4 Å². The maximum atomic E-state index is 13.7. The van der Waals surface area contributed by atoms with Crippen LogP contribution in [0.2, 0.25) is 0 Å². The SMILES string of the molecule is C=C(CCn1cc(C)nn1)NC(=O)C(C)[C@H]1[C@@H]2C[C@@H](Oc3ccnc4ccc(F)cc34)C[C@@H]21. The molecule has 8 heteroatoms. The van der Waals surface area contributed by atoms with Crippen LogP contribution in [0.1, 0.15) is 31.9 Å². The van der Waals surface area contributed by atoms with Gasteiger partial charge < -0.3 is 10.1 Å². The van der Waals surface area contributed by atoms with Gasteiger partial charge in [0.25, 0.3) is 0 Å². The number of nitrogens with one attached hydrogen (secondary N) is 1. The van der Waals surface area contributed by atoms with Crippen molar-refractivity contribution in [1.82, 2.24) is 25.3 Å². The molecule has 172 valence electrons. The van der Waals surface area contributed by atoms with Crippen LogP contribution >= 0.6 is 0 Å². The number of aryl methyl sites for hydroxylation is 2. The molecule has 1 unspecified atom stereocenters. The number of rotatable bonds is 8. The monoisotopic (exact) mass is 449 g/mol. The van der Waals surface area contributed by atoms with E-state index >= 15 is 0 Å². The van der Waals surface area contributed by atoms with Crippen molar-refractivity contribution >= 4 is 16.8 Å². The minimum Gasteiger partial charge on any atom is -0.490 e. The lowest BCUT2D eigenvalue weighted by Crippen LogP contribution is -2.31. The third-order valence-electron chi connectivity index (χ3n) is 7.01. The molecule has 2 aromatic heterocycles. The van der Waals surface area contributed by atoms with Crippen LogP contribution in [0, 0.1) is 36.4 Å². The van der Waals surface area contributed by atoms with Crippen molar-refractivity contribution in [3.63, 3.8) is 0 Å². The number of carbonyl (C=O) groups is 1. The zero-order chi connectivity index (χ0) is 23.1. The molecule has 33 heavy (non-hydrogen) atoms. The van der Waals surface area contributed by atoms with Crippen LogP contribution in [-0.4, -0.2) is 32.0 Å². The van der Waals surface area contributed by atoms with Crippen LogP contribution < -0.4 is 10.1 Å². The molecule has 2 saturated carbocycles. The number of allylic oxidation sites excluding steroid dienone is 1. The van der Waals surface area contributed by atoms with Gasteiger partial charge >= 0.3 is 0 Å². The predicted octanol–water partition coefficient (Wildman–Crippen LogP) is 4.03. The van der Waals surface area contributed by atoms with Crippen molar-refractivity contribution in [2.75, 3.05) is 0 Å². The zero-order valence-corrected chi connectivity index (χ0v) is 18.9. The first kappa shape index (κ1) is 21.6. The number of nitrogens with zero attached hydrogens (tertiary/aromatic N) is 4. The summed E-state index contributed by atoms with van der Waals surface area (Å²) < 4.78 is 21.7. The van der Waals surface area contributed by atoms with E-state index in [1.165, 1.54) is 12.1 Å². The number of fused-ring (bicyclic) bond motifs is 2. The summed E-state index contributed by atoms with van der Waals surface area (Å²) >= 11 is 0. The number of aromatic nitrogens is 4. The third kappa shape index (κ3) is 4.47. The van der Waals surface area contributed by atoms with Gasteiger partial charge in [0, 0.05) is 42.4 Å². The third-order valence-corrected chi connectivity index (χ3v) is 7.01. The lowest BCUT2D eigenvalue weighted by Gasteiger charge is -2.20. The summed E-state index contributed by atoms with van der Waals surface area (Å²) in [7, 11) is 0. The van der Waals surface area contributed by atoms with Gasteiger partial charge in [-0.2, -0.15) is 0 Å². The highest BCUT2D eigenvalue weighted by Crippen LogP contribution is 2.61. The summed E-state index contributed by atoms with van der Waals surface area (Å²) in [6.07, 6.45) is 6.10. The molecule has 0 spiro atoms. The molecule has 3 aromatic rings. The number of amides is 1. The Kier molecular flexibility index (Phi) is 5.60. The van der Waals surface area contributed by atoms with Crippen LogP contribution in [0.15, 0.2) is 48.9 Å². The summed E-state index contributed by atoms with van der Waals surface area (Å²) in [6, 6.07) is 6.34. The van der Waals surface area contributed by atoms with Crippen molar-refractivity contribution in [3.8, 4) is 5.75 Å². The Bertz CT molecular complexity index is 1200. The number of ether oxygens (including phenoxy) is 1. The molecule has 0 aliphatic heterocycles.